The fourth-order valence-corrected chi connectivity index (χ4v) is 2.32. The Labute approximate surface area is 111 Å². The molecule has 0 aromatic heterocycles. The summed E-state index contributed by atoms with van der Waals surface area (Å²) in [5.41, 5.74) is 9.36. The summed E-state index contributed by atoms with van der Waals surface area (Å²) in [5.74, 6) is 0. The predicted molar refractivity (Wildman–Crippen MR) is 79.2 cm³/mol. The monoisotopic (exact) mass is 250 g/mol. The van der Waals surface area contributed by atoms with Gasteiger partial charge >= 0.3 is 0 Å². The van der Waals surface area contributed by atoms with Crippen molar-refractivity contribution in [2.24, 2.45) is 0 Å². The van der Waals surface area contributed by atoms with Crippen LogP contribution in [0.25, 0.3) is 0 Å². The SMILES string of the molecule is CCC(CC)N(CCOC)c1cc(C)ccc1N. The van der Waals surface area contributed by atoms with Crippen LogP contribution in [0.4, 0.5) is 11.4 Å². The highest BCUT2D eigenvalue weighted by atomic mass is 16.5. The first kappa shape index (κ1) is 14.8. The second-order valence-electron chi connectivity index (χ2n) is 4.72. The van der Waals surface area contributed by atoms with Gasteiger partial charge in [0.2, 0.25) is 0 Å². The van der Waals surface area contributed by atoms with Crippen molar-refractivity contribution in [2.45, 2.75) is 39.7 Å². The van der Waals surface area contributed by atoms with Crippen LogP contribution < -0.4 is 10.6 Å². The lowest BCUT2D eigenvalue weighted by Gasteiger charge is -2.33. The number of nitrogen functional groups attached to an aromatic ring is 1. The van der Waals surface area contributed by atoms with Gasteiger partial charge in [0.05, 0.1) is 18.0 Å². The standard InChI is InChI=1S/C15H26N2O/c1-5-13(6-2)17(9-10-18-4)15-11-12(3)7-8-14(15)16/h7-8,11,13H,5-6,9-10,16H2,1-4H3. The zero-order chi connectivity index (χ0) is 13.5. The molecule has 0 aliphatic carbocycles. The van der Waals surface area contributed by atoms with Crippen LogP contribution in [0.1, 0.15) is 32.3 Å². The third-order valence-electron chi connectivity index (χ3n) is 3.41. The van der Waals surface area contributed by atoms with E-state index in [0.29, 0.717) is 6.04 Å². The Morgan fingerprint density at radius 1 is 1.28 bits per heavy atom. The number of rotatable bonds is 7. The van der Waals surface area contributed by atoms with Gasteiger partial charge in [-0.25, -0.2) is 0 Å². The molecule has 0 heterocycles. The smallest absolute Gasteiger partial charge is 0.0637 e. The van der Waals surface area contributed by atoms with Crippen molar-refractivity contribution in [1.82, 2.24) is 0 Å². The Morgan fingerprint density at radius 2 is 1.94 bits per heavy atom. The van der Waals surface area contributed by atoms with E-state index < -0.39 is 0 Å². The normalized spacial score (nSPS) is 10.9. The molecule has 0 saturated carbocycles. The maximum atomic E-state index is 6.13. The van der Waals surface area contributed by atoms with E-state index in [1.807, 2.05) is 6.07 Å². The first-order chi connectivity index (χ1) is 8.63. The maximum Gasteiger partial charge on any atom is 0.0637 e. The summed E-state index contributed by atoms with van der Waals surface area (Å²) in [4.78, 5) is 2.38. The van der Waals surface area contributed by atoms with Gasteiger partial charge in [0.1, 0.15) is 0 Å². The number of ether oxygens (including phenoxy) is 1. The number of methoxy groups -OCH3 is 1. The molecule has 0 unspecified atom stereocenters. The van der Waals surface area contributed by atoms with Crippen LogP contribution in [0, 0.1) is 6.92 Å². The summed E-state index contributed by atoms with van der Waals surface area (Å²) in [5, 5.41) is 0. The van der Waals surface area contributed by atoms with Crippen molar-refractivity contribution >= 4 is 11.4 Å². The molecule has 0 bridgehead atoms. The molecule has 0 aliphatic rings. The molecule has 0 fully saturated rings. The van der Waals surface area contributed by atoms with Crippen molar-refractivity contribution in [1.29, 1.82) is 0 Å². The zero-order valence-corrected chi connectivity index (χ0v) is 12.1. The van der Waals surface area contributed by atoms with Gasteiger partial charge in [-0.3, -0.25) is 0 Å². The summed E-state index contributed by atoms with van der Waals surface area (Å²) in [6.07, 6.45) is 2.24. The van der Waals surface area contributed by atoms with Crippen LogP contribution in [-0.4, -0.2) is 26.3 Å². The van der Waals surface area contributed by atoms with Gasteiger partial charge in [0.25, 0.3) is 0 Å². The minimum absolute atomic E-state index is 0.518. The van der Waals surface area contributed by atoms with Gasteiger partial charge < -0.3 is 15.4 Å². The van der Waals surface area contributed by atoms with Crippen LogP contribution in [0.3, 0.4) is 0 Å². The summed E-state index contributed by atoms with van der Waals surface area (Å²) >= 11 is 0. The van der Waals surface area contributed by atoms with Crippen molar-refractivity contribution in [3.63, 3.8) is 0 Å². The van der Waals surface area contributed by atoms with Gasteiger partial charge in [0, 0.05) is 19.7 Å². The van der Waals surface area contributed by atoms with Crippen LogP contribution in [0.15, 0.2) is 18.2 Å². The third-order valence-corrected chi connectivity index (χ3v) is 3.41. The molecule has 2 N–H and O–H groups in total. The molecule has 0 amide bonds. The number of hydrogen-bond donors (Lipinski definition) is 1. The van der Waals surface area contributed by atoms with Crippen molar-refractivity contribution < 1.29 is 4.74 Å². The molecule has 1 rings (SSSR count). The van der Waals surface area contributed by atoms with Gasteiger partial charge in [-0.05, 0) is 37.5 Å². The van der Waals surface area contributed by atoms with E-state index in [-0.39, 0.29) is 0 Å². The Morgan fingerprint density at radius 3 is 2.50 bits per heavy atom. The number of nitrogens with two attached hydrogens (primary N) is 1. The summed E-state index contributed by atoms with van der Waals surface area (Å²) < 4.78 is 5.22. The summed E-state index contributed by atoms with van der Waals surface area (Å²) in [7, 11) is 1.74. The summed E-state index contributed by atoms with van der Waals surface area (Å²) in [6, 6.07) is 6.74. The average Bonchev–Trinajstić information content (AvgIpc) is 2.38. The number of aryl methyl sites for hydroxylation is 1. The highest BCUT2D eigenvalue weighted by Crippen LogP contribution is 2.27. The van der Waals surface area contributed by atoms with Crippen LogP contribution in [-0.2, 0) is 4.74 Å². The largest absolute Gasteiger partial charge is 0.397 e. The van der Waals surface area contributed by atoms with Gasteiger partial charge in [-0.1, -0.05) is 19.9 Å². The Bertz CT molecular complexity index is 362. The number of anilines is 2. The molecule has 3 heteroatoms. The van der Waals surface area contributed by atoms with E-state index >= 15 is 0 Å². The Balaban J connectivity index is 3.03. The Hall–Kier alpha value is -1.22. The van der Waals surface area contributed by atoms with E-state index in [1.54, 1.807) is 7.11 Å². The van der Waals surface area contributed by atoms with Crippen molar-refractivity contribution in [2.75, 3.05) is 30.9 Å². The van der Waals surface area contributed by atoms with Crippen LogP contribution in [0.2, 0.25) is 0 Å². The third kappa shape index (κ3) is 3.64. The lowest BCUT2D eigenvalue weighted by atomic mass is 10.1. The molecule has 0 atom stereocenters. The van der Waals surface area contributed by atoms with Gasteiger partial charge in [-0.2, -0.15) is 0 Å². The Kier molecular flexibility index (Phi) is 5.99. The predicted octanol–water partition coefficient (Wildman–Crippen LogP) is 3.22. The number of benzene rings is 1. The van der Waals surface area contributed by atoms with E-state index in [4.69, 9.17) is 10.5 Å². The average molecular weight is 250 g/mol. The summed E-state index contributed by atoms with van der Waals surface area (Å²) in [6.45, 7) is 8.16. The van der Waals surface area contributed by atoms with Gasteiger partial charge in [-0.15, -0.1) is 0 Å². The first-order valence-electron chi connectivity index (χ1n) is 6.75. The van der Waals surface area contributed by atoms with E-state index in [9.17, 15) is 0 Å². The van der Waals surface area contributed by atoms with Crippen LogP contribution in [0.5, 0.6) is 0 Å². The van der Waals surface area contributed by atoms with E-state index in [2.05, 4.69) is 37.8 Å². The second kappa shape index (κ2) is 7.27. The molecule has 0 radical (unpaired) electrons. The number of hydrogen-bond acceptors (Lipinski definition) is 3. The zero-order valence-electron chi connectivity index (χ0n) is 12.1. The fraction of sp³-hybridized carbons (Fsp3) is 0.600. The lowest BCUT2D eigenvalue weighted by molar-refractivity contribution is 0.202. The molecule has 1 aromatic carbocycles. The first-order valence-corrected chi connectivity index (χ1v) is 6.75. The fourth-order valence-electron chi connectivity index (χ4n) is 2.32. The molecule has 0 spiro atoms. The quantitative estimate of drug-likeness (QED) is 0.755. The highest BCUT2D eigenvalue weighted by Gasteiger charge is 2.17. The minimum Gasteiger partial charge on any atom is -0.397 e. The molecule has 0 aliphatic heterocycles. The molecular formula is C15H26N2O. The molecule has 3 nitrogen and oxygen atoms in total. The molecule has 18 heavy (non-hydrogen) atoms. The molecular weight excluding hydrogens is 224 g/mol. The second-order valence-corrected chi connectivity index (χ2v) is 4.72. The topological polar surface area (TPSA) is 38.5 Å². The van der Waals surface area contributed by atoms with Gasteiger partial charge in [0.15, 0.2) is 0 Å². The maximum absolute atomic E-state index is 6.13. The van der Waals surface area contributed by atoms with E-state index in [0.717, 1.165) is 37.4 Å². The molecule has 102 valence electrons. The molecule has 0 saturated heterocycles. The van der Waals surface area contributed by atoms with E-state index in [1.165, 1.54) is 5.56 Å². The molecule has 1 aromatic rings. The van der Waals surface area contributed by atoms with Crippen LogP contribution >= 0.6 is 0 Å². The van der Waals surface area contributed by atoms with Crippen molar-refractivity contribution in [3.05, 3.63) is 23.8 Å². The number of nitrogens with zero attached hydrogens (tertiary/aromatic N) is 1. The van der Waals surface area contributed by atoms with Crippen molar-refractivity contribution in [3.8, 4) is 0 Å². The minimum atomic E-state index is 0.518. The highest BCUT2D eigenvalue weighted by molar-refractivity contribution is 5.69. The lowest BCUT2D eigenvalue weighted by Crippen LogP contribution is -2.37.